The molecule has 1 aliphatic heterocycles. The molecule has 3 aromatic rings. The Kier molecular flexibility index (Phi) is 3.14. The van der Waals surface area contributed by atoms with Gasteiger partial charge in [0.2, 0.25) is 0 Å². The van der Waals surface area contributed by atoms with Gasteiger partial charge in [-0.3, -0.25) is 9.89 Å². The molecule has 4 rings (SSSR count). The normalized spacial score (nSPS) is 17.4. The van der Waals surface area contributed by atoms with E-state index in [0.717, 1.165) is 36.1 Å². The summed E-state index contributed by atoms with van der Waals surface area (Å²) in [5.41, 5.74) is 1.55. The van der Waals surface area contributed by atoms with E-state index in [2.05, 4.69) is 25.1 Å². The maximum atomic E-state index is 12.4. The number of aromatic amines is 1. The van der Waals surface area contributed by atoms with E-state index in [4.69, 9.17) is 0 Å². The lowest BCUT2D eigenvalue weighted by atomic mass is 9.99. The second-order valence-electron chi connectivity index (χ2n) is 5.75. The Morgan fingerprint density at radius 3 is 3.36 bits per heavy atom. The maximum absolute atomic E-state index is 12.4. The van der Waals surface area contributed by atoms with Crippen LogP contribution in [0.1, 0.15) is 22.6 Å². The second kappa shape index (κ2) is 5.29. The molecule has 22 heavy (non-hydrogen) atoms. The van der Waals surface area contributed by atoms with Crippen LogP contribution < -0.4 is 5.32 Å². The number of hydrogen-bond acceptors (Lipinski definition) is 3. The van der Waals surface area contributed by atoms with Gasteiger partial charge in [-0.15, -0.1) is 0 Å². The molecule has 0 radical (unpaired) electrons. The van der Waals surface area contributed by atoms with Gasteiger partial charge < -0.3 is 9.88 Å². The van der Waals surface area contributed by atoms with E-state index in [-0.39, 0.29) is 5.91 Å². The number of fused-ring (bicyclic) bond motifs is 2. The van der Waals surface area contributed by atoms with Crippen molar-refractivity contribution in [2.24, 2.45) is 5.92 Å². The number of carbonyl (C=O) groups excluding carboxylic acids is 1. The highest BCUT2D eigenvalue weighted by Crippen LogP contribution is 2.19. The summed E-state index contributed by atoms with van der Waals surface area (Å²) in [7, 11) is 0. The number of aromatic nitrogens is 4. The van der Waals surface area contributed by atoms with Crippen LogP contribution in [0.15, 0.2) is 36.8 Å². The number of aryl methyl sites for hydroxylation is 1. The molecule has 0 spiro atoms. The van der Waals surface area contributed by atoms with Crippen LogP contribution in [0.25, 0.3) is 10.9 Å². The van der Waals surface area contributed by atoms with Crippen molar-refractivity contribution in [1.29, 1.82) is 0 Å². The quantitative estimate of drug-likeness (QED) is 0.773. The van der Waals surface area contributed by atoms with Crippen LogP contribution in [-0.2, 0) is 13.0 Å². The first-order valence-electron chi connectivity index (χ1n) is 7.51. The van der Waals surface area contributed by atoms with Crippen molar-refractivity contribution in [3.05, 3.63) is 48.2 Å². The van der Waals surface area contributed by atoms with Crippen molar-refractivity contribution in [2.75, 3.05) is 6.54 Å². The number of amides is 1. The molecular weight excluding hydrogens is 278 g/mol. The molecule has 3 heterocycles. The zero-order valence-corrected chi connectivity index (χ0v) is 12.1. The summed E-state index contributed by atoms with van der Waals surface area (Å²) < 4.78 is 2.18. The fourth-order valence-corrected chi connectivity index (χ4v) is 3.10. The van der Waals surface area contributed by atoms with Crippen molar-refractivity contribution in [3.8, 4) is 0 Å². The molecule has 1 unspecified atom stereocenters. The number of carbonyl (C=O) groups is 1. The Hall–Kier alpha value is -2.63. The summed E-state index contributed by atoms with van der Waals surface area (Å²) in [6, 6.07) is 5.62. The lowest BCUT2D eigenvalue weighted by Crippen LogP contribution is -2.33. The summed E-state index contributed by atoms with van der Waals surface area (Å²) in [6.07, 6.45) is 7.59. The molecule has 112 valence electrons. The molecule has 0 fully saturated rings. The summed E-state index contributed by atoms with van der Waals surface area (Å²) >= 11 is 0. The van der Waals surface area contributed by atoms with Crippen molar-refractivity contribution in [1.82, 2.24) is 25.1 Å². The Morgan fingerprint density at radius 2 is 2.41 bits per heavy atom. The fourth-order valence-electron chi connectivity index (χ4n) is 3.10. The number of H-pyrrole nitrogens is 1. The lowest BCUT2D eigenvalue weighted by molar-refractivity contribution is 0.0945. The Bertz CT molecular complexity index is 819. The van der Waals surface area contributed by atoms with Crippen LogP contribution in [0.5, 0.6) is 0 Å². The highest BCUT2D eigenvalue weighted by Gasteiger charge is 2.20. The number of hydrogen-bond donors (Lipinski definition) is 2. The van der Waals surface area contributed by atoms with Gasteiger partial charge in [-0.1, -0.05) is 6.07 Å². The average Bonchev–Trinajstić information content (AvgIpc) is 3.20. The number of rotatable bonds is 3. The molecule has 1 aromatic carbocycles. The third kappa shape index (κ3) is 2.26. The molecule has 1 atom stereocenters. The molecule has 0 saturated carbocycles. The van der Waals surface area contributed by atoms with Crippen LogP contribution >= 0.6 is 0 Å². The van der Waals surface area contributed by atoms with Gasteiger partial charge in [-0.05, 0) is 24.5 Å². The number of imidazole rings is 1. The zero-order chi connectivity index (χ0) is 14.9. The molecule has 6 heteroatoms. The van der Waals surface area contributed by atoms with Gasteiger partial charge in [0.1, 0.15) is 5.82 Å². The standard InChI is InChI=1S/C16H17N5O/c22-16(12-2-1-3-14-13(12)9-19-20-14)18-8-11-4-5-15-17-6-7-21(15)10-11/h1-3,6-7,9,11H,4-5,8,10H2,(H,18,22)(H,19,20). The first-order chi connectivity index (χ1) is 10.8. The molecular formula is C16H17N5O. The summed E-state index contributed by atoms with van der Waals surface area (Å²) in [5, 5.41) is 10.8. The van der Waals surface area contributed by atoms with E-state index in [9.17, 15) is 4.79 Å². The van der Waals surface area contributed by atoms with E-state index in [0.29, 0.717) is 18.0 Å². The zero-order valence-electron chi connectivity index (χ0n) is 12.1. The van der Waals surface area contributed by atoms with Gasteiger partial charge in [0, 0.05) is 37.3 Å². The topological polar surface area (TPSA) is 75.6 Å². The third-order valence-corrected chi connectivity index (χ3v) is 4.31. The maximum Gasteiger partial charge on any atom is 0.252 e. The van der Waals surface area contributed by atoms with Crippen molar-refractivity contribution >= 4 is 16.8 Å². The van der Waals surface area contributed by atoms with Crippen LogP contribution in [-0.4, -0.2) is 32.2 Å². The number of nitrogens with one attached hydrogen (secondary N) is 2. The highest BCUT2D eigenvalue weighted by molar-refractivity contribution is 6.05. The fraction of sp³-hybridized carbons (Fsp3) is 0.312. The lowest BCUT2D eigenvalue weighted by Gasteiger charge is -2.24. The highest BCUT2D eigenvalue weighted by atomic mass is 16.1. The van der Waals surface area contributed by atoms with Crippen LogP contribution in [0.3, 0.4) is 0 Å². The van der Waals surface area contributed by atoms with Gasteiger partial charge in [0.25, 0.3) is 5.91 Å². The summed E-state index contributed by atoms with van der Waals surface area (Å²) in [6.45, 7) is 1.61. The van der Waals surface area contributed by atoms with Gasteiger partial charge in [-0.25, -0.2) is 4.98 Å². The van der Waals surface area contributed by atoms with E-state index < -0.39 is 0 Å². The molecule has 6 nitrogen and oxygen atoms in total. The Morgan fingerprint density at radius 1 is 1.45 bits per heavy atom. The van der Waals surface area contributed by atoms with Gasteiger partial charge >= 0.3 is 0 Å². The largest absolute Gasteiger partial charge is 0.352 e. The van der Waals surface area contributed by atoms with Crippen LogP contribution in [0.4, 0.5) is 0 Å². The van der Waals surface area contributed by atoms with Gasteiger partial charge in [0.05, 0.1) is 17.3 Å². The number of nitrogens with zero attached hydrogens (tertiary/aromatic N) is 3. The Labute approximate surface area is 127 Å². The molecule has 0 saturated heterocycles. The molecule has 1 amide bonds. The summed E-state index contributed by atoms with van der Waals surface area (Å²) in [5.74, 6) is 1.56. The minimum atomic E-state index is -0.0385. The first-order valence-corrected chi connectivity index (χ1v) is 7.51. The van der Waals surface area contributed by atoms with E-state index in [1.165, 1.54) is 0 Å². The number of benzene rings is 1. The Balaban J connectivity index is 1.44. The summed E-state index contributed by atoms with van der Waals surface area (Å²) in [4.78, 5) is 16.8. The minimum absolute atomic E-state index is 0.0385. The molecule has 2 N–H and O–H groups in total. The molecule has 0 bridgehead atoms. The molecule has 1 aliphatic rings. The minimum Gasteiger partial charge on any atom is -0.352 e. The first kappa shape index (κ1) is 13.1. The molecule has 2 aromatic heterocycles. The van der Waals surface area contributed by atoms with E-state index >= 15 is 0 Å². The smallest absolute Gasteiger partial charge is 0.252 e. The van der Waals surface area contributed by atoms with Gasteiger partial charge in [0.15, 0.2) is 0 Å². The predicted molar refractivity (Wildman–Crippen MR) is 82.5 cm³/mol. The SMILES string of the molecule is O=C(NCC1CCc2nccn2C1)c1cccc2[nH]ncc12. The molecule has 0 aliphatic carbocycles. The van der Waals surface area contributed by atoms with Crippen molar-refractivity contribution in [3.63, 3.8) is 0 Å². The van der Waals surface area contributed by atoms with E-state index in [1.807, 2.05) is 30.6 Å². The van der Waals surface area contributed by atoms with Crippen molar-refractivity contribution < 1.29 is 4.79 Å². The predicted octanol–water partition coefficient (Wildman–Crippen LogP) is 1.75. The average molecular weight is 295 g/mol. The monoisotopic (exact) mass is 295 g/mol. The van der Waals surface area contributed by atoms with E-state index in [1.54, 1.807) is 6.20 Å². The van der Waals surface area contributed by atoms with Crippen molar-refractivity contribution in [2.45, 2.75) is 19.4 Å². The van der Waals surface area contributed by atoms with Crippen LogP contribution in [0.2, 0.25) is 0 Å². The van der Waals surface area contributed by atoms with Crippen LogP contribution in [0, 0.1) is 5.92 Å². The second-order valence-corrected chi connectivity index (χ2v) is 5.75. The van der Waals surface area contributed by atoms with Gasteiger partial charge in [-0.2, -0.15) is 5.10 Å². The third-order valence-electron chi connectivity index (χ3n) is 4.31.